The van der Waals surface area contributed by atoms with E-state index < -0.39 is 11.5 Å². The van der Waals surface area contributed by atoms with Crippen molar-refractivity contribution in [2.75, 3.05) is 11.9 Å². The van der Waals surface area contributed by atoms with Gasteiger partial charge in [-0.25, -0.2) is 0 Å². The maximum absolute atomic E-state index is 13.4. The average molecular weight is 447 g/mol. The molecular weight excluding hydrogens is 412 g/mol. The maximum atomic E-state index is 13.4. The SMILES string of the molecule is CC(C)(C)c1cc2cc(NC(=O)C3(c4ccc5c(c4)CCC5)CC3)ccc2n1CC(O)CO. The van der Waals surface area contributed by atoms with Crippen LogP contribution in [0.5, 0.6) is 0 Å². The molecule has 0 spiro atoms. The number of amides is 1. The summed E-state index contributed by atoms with van der Waals surface area (Å²) >= 11 is 0. The first kappa shape index (κ1) is 22.2. The Hall–Kier alpha value is -2.63. The van der Waals surface area contributed by atoms with Crippen LogP contribution in [0.25, 0.3) is 10.9 Å². The zero-order valence-corrected chi connectivity index (χ0v) is 19.8. The summed E-state index contributed by atoms with van der Waals surface area (Å²) < 4.78 is 2.08. The van der Waals surface area contributed by atoms with Crippen LogP contribution in [0.4, 0.5) is 5.69 Å². The summed E-state index contributed by atoms with van der Waals surface area (Å²) in [6.07, 6.45) is 4.45. The summed E-state index contributed by atoms with van der Waals surface area (Å²) in [5.41, 5.74) is 6.35. The molecule has 3 N–H and O–H groups in total. The van der Waals surface area contributed by atoms with E-state index in [1.807, 2.05) is 18.2 Å². The molecule has 1 heterocycles. The molecule has 1 unspecified atom stereocenters. The minimum Gasteiger partial charge on any atom is -0.394 e. The second-order valence-electron chi connectivity index (χ2n) is 10.9. The first-order chi connectivity index (χ1) is 15.7. The lowest BCUT2D eigenvalue weighted by atomic mass is 9.91. The highest BCUT2D eigenvalue weighted by Crippen LogP contribution is 2.50. The van der Waals surface area contributed by atoms with E-state index in [1.54, 1.807) is 0 Å². The first-order valence-corrected chi connectivity index (χ1v) is 12.1. The van der Waals surface area contributed by atoms with Crippen molar-refractivity contribution in [3.8, 4) is 0 Å². The lowest BCUT2D eigenvalue weighted by Crippen LogP contribution is -2.28. The molecule has 1 saturated carbocycles. The third kappa shape index (κ3) is 3.98. The number of aliphatic hydroxyl groups excluding tert-OH is 2. The maximum Gasteiger partial charge on any atom is 0.235 e. The molecule has 174 valence electrons. The Morgan fingerprint density at radius 2 is 1.85 bits per heavy atom. The molecule has 1 fully saturated rings. The van der Waals surface area contributed by atoms with Crippen molar-refractivity contribution in [2.24, 2.45) is 0 Å². The Balaban J connectivity index is 1.43. The monoisotopic (exact) mass is 446 g/mol. The van der Waals surface area contributed by atoms with Gasteiger partial charge in [0.15, 0.2) is 0 Å². The quantitative estimate of drug-likeness (QED) is 0.524. The van der Waals surface area contributed by atoms with Crippen LogP contribution in [0.1, 0.15) is 62.4 Å². The van der Waals surface area contributed by atoms with Gasteiger partial charge in [0.2, 0.25) is 5.91 Å². The fourth-order valence-corrected chi connectivity index (χ4v) is 5.33. The zero-order valence-electron chi connectivity index (χ0n) is 19.8. The number of nitrogens with zero attached hydrogens (tertiary/aromatic N) is 1. The van der Waals surface area contributed by atoms with Crippen LogP contribution in [0.3, 0.4) is 0 Å². The van der Waals surface area contributed by atoms with Gasteiger partial charge in [0.25, 0.3) is 0 Å². The highest BCUT2D eigenvalue weighted by atomic mass is 16.3. The molecule has 2 aliphatic rings. The van der Waals surface area contributed by atoms with Gasteiger partial charge in [-0.05, 0) is 73.1 Å². The highest BCUT2D eigenvalue weighted by Gasteiger charge is 2.51. The van der Waals surface area contributed by atoms with E-state index in [0.717, 1.165) is 53.5 Å². The van der Waals surface area contributed by atoms with E-state index >= 15 is 0 Å². The first-order valence-electron chi connectivity index (χ1n) is 12.1. The van der Waals surface area contributed by atoms with Crippen LogP contribution in [0.2, 0.25) is 0 Å². The number of hydrogen-bond acceptors (Lipinski definition) is 3. The van der Waals surface area contributed by atoms with Gasteiger partial charge in [0.1, 0.15) is 0 Å². The summed E-state index contributed by atoms with van der Waals surface area (Å²) in [6, 6.07) is 14.7. The minimum atomic E-state index is -0.817. The number of aliphatic hydroxyl groups is 2. The van der Waals surface area contributed by atoms with Gasteiger partial charge in [0.05, 0.1) is 24.7 Å². The van der Waals surface area contributed by atoms with Gasteiger partial charge >= 0.3 is 0 Å². The molecule has 0 radical (unpaired) electrons. The molecule has 1 atom stereocenters. The molecule has 2 aliphatic carbocycles. The smallest absolute Gasteiger partial charge is 0.235 e. The second kappa shape index (κ2) is 8.00. The van der Waals surface area contributed by atoms with Crippen molar-refractivity contribution in [2.45, 2.75) is 76.4 Å². The van der Waals surface area contributed by atoms with Crippen molar-refractivity contribution in [1.29, 1.82) is 0 Å². The van der Waals surface area contributed by atoms with E-state index in [0.29, 0.717) is 6.54 Å². The number of anilines is 1. The normalized spacial score (nSPS) is 17.7. The van der Waals surface area contributed by atoms with E-state index in [1.165, 1.54) is 17.5 Å². The number of hydrogen-bond donors (Lipinski definition) is 3. The van der Waals surface area contributed by atoms with Gasteiger partial charge in [0, 0.05) is 27.7 Å². The van der Waals surface area contributed by atoms with Crippen molar-refractivity contribution < 1.29 is 15.0 Å². The number of aromatic nitrogens is 1. The Morgan fingerprint density at radius 3 is 2.55 bits per heavy atom. The molecule has 3 aromatic rings. The Kier molecular flexibility index (Phi) is 5.37. The fraction of sp³-hybridized carbons (Fsp3) is 0.464. The Bertz CT molecular complexity index is 1210. The van der Waals surface area contributed by atoms with Crippen molar-refractivity contribution in [3.05, 3.63) is 64.8 Å². The largest absolute Gasteiger partial charge is 0.394 e. The van der Waals surface area contributed by atoms with Gasteiger partial charge < -0.3 is 20.1 Å². The zero-order chi connectivity index (χ0) is 23.4. The molecule has 5 heteroatoms. The standard InChI is InChI=1S/C28H34N2O3/c1-27(2,3)25-15-20-14-22(9-10-24(20)30(25)16-23(32)17-31)29-26(33)28(11-12-28)21-8-7-18-5-4-6-19(18)13-21/h7-10,13-15,23,31-32H,4-6,11-12,16-17H2,1-3H3,(H,29,33). The number of benzene rings is 2. The lowest BCUT2D eigenvalue weighted by molar-refractivity contribution is -0.118. The van der Waals surface area contributed by atoms with Crippen LogP contribution >= 0.6 is 0 Å². The van der Waals surface area contributed by atoms with Crippen LogP contribution in [-0.2, 0) is 35.0 Å². The number of fused-ring (bicyclic) bond motifs is 2. The number of rotatable bonds is 6. The summed E-state index contributed by atoms with van der Waals surface area (Å²) in [6.45, 7) is 6.47. The Morgan fingerprint density at radius 1 is 1.09 bits per heavy atom. The van der Waals surface area contributed by atoms with Crippen LogP contribution < -0.4 is 5.32 Å². The number of carbonyl (C=O) groups is 1. The number of carbonyl (C=O) groups excluding carboxylic acids is 1. The molecule has 33 heavy (non-hydrogen) atoms. The van der Waals surface area contributed by atoms with Crippen LogP contribution in [0, 0.1) is 0 Å². The van der Waals surface area contributed by atoms with Gasteiger partial charge in [-0.1, -0.05) is 39.0 Å². The molecule has 2 aromatic carbocycles. The molecule has 0 bridgehead atoms. The lowest BCUT2D eigenvalue weighted by Gasteiger charge is -2.23. The van der Waals surface area contributed by atoms with Crippen molar-refractivity contribution in [3.63, 3.8) is 0 Å². The Labute approximate surface area is 195 Å². The predicted octanol–water partition coefficient (Wildman–Crippen LogP) is 4.45. The fourth-order valence-electron chi connectivity index (χ4n) is 5.33. The van der Waals surface area contributed by atoms with Crippen molar-refractivity contribution >= 4 is 22.5 Å². The summed E-state index contributed by atoms with van der Waals surface area (Å²) in [7, 11) is 0. The van der Waals surface area contributed by atoms with E-state index in [-0.39, 0.29) is 17.9 Å². The third-order valence-corrected chi connectivity index (χ3v) is 7.37. The van der Waals surface area contributed by atoms with Gasteiger partial charge in [-0.3, -0.25) is 4.79 Å². The average Bonchev–Trinajstić information content (AvgIpc) is 3.32. The van der Waals surface area contributed by atoms with Crippen LogP contribution in [0.15, 0.2) is 42.5 Å². The minimum absolute atomic E-state index is 0.0750. The van der Waals surface area contributed by atoms with E-state index in [2.05, 4.69) is 54.9 Å². The number of nitrogens with one attached hydrogen (secondary N) is 1. The summed E-state index contributed by atoms with van der Waals surface area (Å²) in [5.74, 6) is 0.0750. The summed E-state index contributed by atoms with van der Waals surface area (Å²) in [4.78, 5) is 13.4. The molecule has 0 aliphatic heterocycles. The third-order valence-electron chi connectivity index (χ3n) is 7.37. The molecule has 5 rings (SSSR count). The molecule has 1 aromatic heterocycles. The summed E-state index contributed by atoms with van der Waals surface area (Å²) in [5, 5.41) is 23.7. The number of aryl methyl sites for hydroxylation is 2. The van der Waals surface area contributed by atoms with E-state index in [9.17, 15) is 15.0 Å². The van der Waals surface area contributed by atoms with Gasteiger partial charge in [-0.15, -0.1) is 0 Å². The van der Waals surface area contributed by atoms with E-state index in [4.69, 9.17) is 0 Å². The van der Waals surface area contributed by atoms with Crippen LogP contribution in [-0.4, -0.2) is 33.4 Å². The predicted molar refractivity (Wildman–Crippen MR) is 132 cm³/mol. The molecule has 1 amide bonds. The van der Waals surface area contributed by atoms with Gasteiger partial charge in [-0.2, -0.15) is 0 Å². The molecule has 5 nitrogen and oxygen atoms in total. The topological polar surface area (TPSA) is 74.5 Å². The molecule has 0 saturated heterocycles. The molecular formula is C28H34N2O3. The second-order valence-corrected chi connectivity index (χ2v) is 10.9. The highest BCUT2D eigenvalue weighted by molar-refractivity contribution is 6.02. The van der Waals surface area contributed by atoms with Crippen molar-refractivity contribution in [1.82, 2.24) is 4.57 Å².